The molecule has 4 heteroatoms. The highest BCUT2D eigenvalue weighted by Crippen LogP contribution is 2.27. The molecule has 2 aromatic rings. The first-order valence-corrected chi connectivity index (χ1v) is 12.1. The van der Waals surface area contributed by atoms with Crippen molar-refractivity contribution in [3.05, 3.63) is 48.5 Å². The van der Waals surface area contributed by atoms with Crippen LogP contribution in [0.15, 0.2) is 53.4 Å². The van der Waals surface area contributed by atoms with Crippen LogP contribution in [0.5, 0.6) is 5.75 Å². The standard InChI is InChI=1S/C25H33ClO2S/c1-4-5-6-7-8-9-18-29-23-16-12-21(13-17-23)20-10-14-22(15-11-20)28-25(27)24(26)19(2)3/h10-17,19,24H,4-9,18H2,1-3H3/t24-/m0/s1. The van der Waals surface area contributed by atoms with E-state index in [1.165, 1.54) is 49.2 Å². The Labute approximate surface area is 185 Å². The van der Waals surface area contributed by atoms with Crippen molar-refractivity contribution in [1.82, 2.24) is 0 Å². The summed E-state index contributed by atoms with van der Waals surface area (Å²) in [6.45, 7) is 6.06. The van der Waals surface area contributed by atoms with Crippen LogP contribution in [-0.2, 0) is 4.79 Å². The van der Waals surface area contributed by atoms with Crippen LogP contribution in [-0.4, -0.2) is 17.1 Å². The number of rotatable bonds is 12. The summed E-state index contributed by atoms with van der Waals surface area (Å²) in [5.74, 6) is 1.35. The molecule has 0 bridgehead atoms. The van der Waals surface area contributed by atoms with Crippen LogP contribution in [0.3, 0.4) is 0 Å². The lowest BCUT2D eigenvalue weighted by molar-refractivity contribution is -0.134. The number of carbonyl (C=O) groups excluding carboxylic acids is 1. The molecule has 0 aliphatic carbocycles. The number of esters is 1. The van der Waals surface area contributed by atoms with Gasteiger partial charge < -0.3 is 4.74 Å². The average Bonchev–Trinajstić information content (AvgIpc) is 2.73. The van der Waals surface area contributed by atoms with E-state index in [1.54, 1.807) is 0 Å². The third kappa shape index (κ3) is 8.44. The third-order valence-corrected chi connectivity index (χ3v) is 6.62. The van der Waals surface area contributed by atoms with Crippen LogP contribution in [0.4, 0.5) is 0 Å². The Hall–Kier alpha value is -1.45. The zero-order chi connectivity index (χ0) is 21.1. The van der Waals surface area contributed by atoms with Crippen LogP contribution in [0.2, 0.25) is 0 Å². The molecule has 0 aromatic heterocycles. The van der Waals surface area contributed by atoms with Gasteiger partial charge in [0.15, 0.2) is 0 Å². The maximum atomic E-state index is 12.0. The predicted octanol–water partition coefficient (Wildman–Crippen LogP) is 7.98. The van der Waals surface area contributed by atoms with E-state index in [-0.39, 0.29) is 5.92 Å². The normalized spacial score (nSPS) is 12.2. The van der Waals surface area contributed by atoms with Crippen LogP contribution >= 0.6 is 23.4 Å². The molecule has 1 atom stereocenters. The Morgan fingerprint density at radius 3 is 2.03 bits per heavy atom. The van der Waals surface area contributed by atoms with Gasteiger partial charge in [0.2, 0.25) is 0 Å². The third-order valence-electron chi connectivity index (χ3n) is 4.84. The first kappa shape index (κ1) is 23.8. The topological polar surface area (TPSA) is 26.3 Å². The molecule has 0 unspecified atom stereocenters. The van der Waals surface area contributed by atoms with Crippen molar-refractivity contribution in [3.8, 4) is 16.9 Å². The Bertz CT molecular complexity index is 725. The van der Waals surface area contributed by atoms with Gasteiger partial charge in [-0.2, -0.15) is 0 Å². The molecule has 2 aromatic carbocycles. The van der Waals surface area contributed by atoms with E-state index in [9.17, 15) is 4.79 Å². The number of carbonyl (C=O) groups is 1. The molecule has 0 N–H and O–H groups in total. The van der Waals surface area contributed by atoms with E-state index < -0.39 is 11.3 Å². The van der Waals surface area contributed by atoms with Crippen LogP contribution < -0.4 is 4.74 Å². The van der Waals surface area contributed by atoms with Crippen molar-refractivity contribution in [3.63, 3.8) is 0 Å². The minimum atomic E-state index is -0.629. The van der Waals surface area contributed by atoms with Crippen LogP contribution in [0.1, 0.15) is 59.3 Å². The van der Waals surface area contributed by atoms with Crippen molar-refractivity contribution in [1.29, 1.82) is 0 Å². The summed E-state index contributed by atoms with van der Waals surface area (Å²) in [7, 11) is 0. The van der Waals surface area contributed by atoms with Gasteiger partial charge in [-0.05, 0) is 53.5 Å². The quantitative estimate of drug-likeness (QED) is 0.112. The second-order valence-corrected chi connectivity index (χ2v) is 9.37. The molecular weight excluding hydrogens is 400 g/mol. The molecule has 0 heterocycles. The van der Waals surface area contributed by atoms with Gasteiger partial charge in [0.1, 0.15) is 11.1 Å². The highest BCUT2D eigenvalue weighted by molar-refractivity contribution is 7.99. The number of halogens is 1. The summed E-state index contributed by atoms with van der Waals surface area (Å²) < 4.78 is 5.36. The number of thioether (sulfide) groups is 1. The summed E-state index contributed by atoms with van der Waals surface area (Å²) in [4.78, 5) is 13.3. The Morgan fingerprint density at radius 1 is 0.897 bits per heavy atom. The molecule has 0 aliphatic heterocycles. The monoisotopic (exact) mass is 432 g/mol. The molecule has 2 nitrogen and oxygen atoms in total. The SMILES string of the molecule is CCCCCCCCSc1ccc(-c2ccc(OC(=O)[C@@H](Cl)C(C)C)cc2)cc1. The Balaban J connectivity index is 1.81. The zero-order valence-corrected chi connectivity index (χ0v) is 19.4. The fraction of sp³-hybridized carbons (Fsp3) is 0.480. The fourth-order valence-corrected chi connectivity index (χ4v) is 3.93. The Morgan fingerprint density at radius 2 is 1.45 bits per heavy atom. The largest absolute Gasteiger partial charge is 0.425 e. The summed E-state index contributed by atoms with van der Waals surface area (Å²) in [6, 6.07) is 16.3. The molecule has 0 fully saturated rings. The molecule has 0 aliphatic rings. The lowest BCUT2D eigenvalue weighted by Gasteiger charge is -2.12. The van der Waals surface area contributed by atoms with Crippen molar-refractivity contribution in [2.24, 2.45) is 5.92 Å². The predicted molar refractivity (Wildman–Crippen MR) is 126 cm³/mol. The second kappa shape index (κ2) is 13.0. The minimum Gasteiger partial charge on any atom is -0.425 e. The first-order valence-electron chi connectivity index (χ1n) is 10.7. The van der Waals surface area contributed by atoms with Crippen molar-refractivity contribution in [2.45, 2.75) is 69.6 Å². The van der Waals surface area contributed by atoms with E-state index in [2.05, 4.69) is 31.2 Å². The van der Waals surface area contributed by atoms with E-state index in [4.69, 9.17) is 16.3 Å². The second-order valence-electron chi connectivity index (χ2n) is 7.73. The highest BCUT2D eigenvalue weighted by atomic mass is 35.5. The number of ether oxygens (including phenoxy) is 1. The fourth-order valence-electron chi connectivity index (χ4n) is 2.98. The van der Waals surface area contributed by atoms with Crippen molar-refractivity contribution in [2.75, 3.05) is 5.75 Å². The summed E-state index contributed by atoms with van der Waals surface area (Å²) in [5.41, 5.74) is 2.26. The molecule has 0 spiro atoms. The molecular formula is C25H33ClO2S. The van der Waals surface area contributed by atoms with Gasteiger partial charge in [-0.25, -0.2) is 0 Å². The maximum Gasteiger partial charge on any atom is 0.329 e. The molecule has 29 heavy (non-hydrogen) atoms. The lowest BCUT2D eigenvalue weighted by Crippen LogP contribution is -2.25. The van der Waals surface area contributed by atoms with E-state index in [1.807, 2.05) is 49.9 Å². The van der Waals surface area contributed by atoms with Gasteiger partial charge in [-0.15, -0.1) is 23.4 Å². The molecule has 0 amide bonds. The maximum absolute atomic E-state index is 12.0. The lowest BCUT2D eigenvalue weighted by atomic mass is 10.1. The van der Waals surface area contributed by atoms with Gasteiger partial charge in [0.05, 0.1) is 0 Å². The van der Waals surface area contributed by atoms with Crippen LogP contribution in [0.25, 0.3) is 11.1 Å². The van der Waals surface area contributed by atoms with Crippen LogP contribution in [0, 0.1) is 5.92 Å². The van der Waals surface area contributed by atoms with E-state index >= 15 is 0 Å². The number of alkyl halides is 1. The summed E-state index contributed by atoms with van der Waals surface area (Å²) in [5, 5.41) is -0.629. The van der Waals surface area contributed by atoms with E-state index in [0.717, 1.165) is 11.1 Å². The van der Waals surface area contributed by atoms with Gasteiger partial charge in [0, 0.05) is 4.90 Å². The van der Waals surface area contributed by atoms with Crippen molar-refractivity contribution < 1.29 is 9.53 Å². The average molecular weight is 433 g/mol. The highest BCUT2D eigenvalue weighted by Gasteiger charge is 2.21. The molecule has 158 valence electrons. The number of unbranched alkanes of at least 4 members (excludes halogenated alkanes) is 5. The molecule has 0 radical (unpaired) electrons. The van der Waals surface area contributed by atoms with Gasteiger partial charge in [-0.3, -0.25) is 4.79 Å². The number of hydrogen-bond acceptors (Lipinski definition) is 3. The number of hydrogen-bond donors (Lipinski definition) is 0. The molecule has 2 rings (SSSR count). The molecule has 0 saturated heterocycles. The summed E-state index contributed by atoms with van der Waals surface area (Å²) >= 11 is 7.99. The first-order chi connectivity index (χ1) is 14.0. The molecule has 0 saturated carbocycles. The number of benzene rings is 2. The Kier molecular flexibility index (Phi) is 10.7. The van der Waals surface area contributed by atoms with Gasteiger partial charge >= 0.3 is 5.97 Å². The summed E-state index contributed by atoms with van der Waals surface area (Å²) in [6.07, 6.45) is 8.03. The smallest absolute Gasteiger partial charge is 0.329 e. The minimum absolute atomic E-state index is 0.0425. The van der Waals surface area contributed by atoms with Gasteiger partial charge in [-0.1, -0.05) is 77.1 Å². The van der Waals surface area contributed by atoms with E-state index in [0.29, 0.717) is 5.75 Å². The van der Waals surface area contributed by atoms with Crippen molar-refractivity contribution >= 4 is 29.3 Å². The van der Waals surface area contributed by atoms with Gasteiger partial charge in [0.25, 0.3) is 0 Å². The zero-order valence-electron chi connectivity index (χ0n) is 17.8.